The Bertz CT molecular complexity index is 1350. The molecule has 2 amide bonds. The molecule has 38 heavy (non-hydrogen) atoms. The second-order valence-electron chi connectivity index (χ2n) is 9.88. The lowest BCUT2D eigenvalue weighted by Crippen LogP contribution is -2.35. The quantitative estimate of drug-likeness (QED) is 0.443. The van der Waals surface area contributed by atoms with E-state index < -0.39 is 17.6 Å². The Hall–Kier alpha value is -3.66. The fraction of sp³-hybridized carbons (Fsp3) is 0.393. The Kier molecular flexibility index (Phi) is 8.20. The van der Waals surface area contributed by atoms with E-state index in [-0.39, 0.29) is 23.5 Å². The van der Waals surface area contributed by atoms with E-state index in [0.29, 0.717) is 25.2 Å². The molecule has 1 aliphatic heterocycles. The van der Waals surface area contributed by atoms with Crippen molar-refractivity contribution >= 4 is 28.8 Å². The number of anilines is 1. The molecule has 0 saturated carbocycles. The number of likely N-dealkylation sites (N-methyl/N-ethyl adjacent to an activating group) is 1. The molecule has 1 saturated heterocycles. The molecule has 3 aromatic rings. The molecule has 2 heterocycles. The van der Waals surface area contributed by atoms with Gasteiger partial charge in [-0.1, -0.05) is 24.3 Å². The second kappa shape index (κ2) is 11.4. The summed E-state index contributed by atoms with van der Waals surface area (Å²) >= 11 is 0. The molecule has 2 aromatic carbocycles. The van der Waals surface area contributed by atoms with Crippen LogP contribution in [0.15, 0.2) is 54.6 Å². The summed E-state index contributed by atoms with van der Waals surface area (Å²) in [6, 6.07) is 9.79. The van der Waals surface area contributed by atoms with Gasteiger partial charge in [-0.3, -0.25) is 14.9 Å². The summed E-state index contributed by atoms with van der Waals surface area (Å²) in [6.07, 6.45) is 1.36. The van der Waals surface area contributed by atoms with E-state index in [9.17, 15) is 22.8 Å². The van der Waals surface area contributed by atoms with Crippen molar-refractivity contribution in [3.8, 4) is 0 Å². The number of hydrogen-bond donors (Lipinski definition) is 1. The third-order valence-corrected chi connectivity index (χ3v) is 6.64. The summed E-state index contributed by atoms with van der Waals surface area (Å²) in [5.74, 6) is -0.507. The predicted octanol–water partition coefficient (Wildman–Crippen LogP) is 5.29. The van der Waals surface area contributed by atoms with Crippen molar-refractivity contribution in [1.29, 1.82) is 0 Å². The maximum Gasteiger partial charge on any atom is 0.416 e. The highest BCUT2D eigenvalue weighted by Crippen LogP contribution is 2.33. The van der Waals surface area contributed by atoms with Crippen molar-refractivity contribution in [2.45, 2.75) is 38.4 Å². The second-order valence-corrected chi connectivity index (χ2v) is 9.88. The van der Waals surface area contributed by atoms with E-state index in [2.05, 4.69) is 10.3 Å². The van der Waals surface area contributed by atoms with Crippen LogP contribution in [0.3, 0.4) is 0 Å². The number of aryl methyl sites for hydroxylation is 1. The van der Waals surface area contributed by atoms with E-state index in [1.165, 1.54) is 12.1 Å². The summed E-state index contributed by atoms with van der Waals surface area (Å²) in [5, 5.41) is 2.75. The van der Waals surface area contributed by atoms with Crippen LogP contribution < -0.4 is 5.32 Å². The zero-order chi connectivity index (χ0) is 27.4. The number of carbonyl (C=O) groups excluding carboxylic acids is 2. The van der Waals surface area contributed by atoms with Crippen molar-refractivity contribution in [2.75, 3.05) is 39.0 Å². The Morgan fingerprint density at radius 3 is 2.66 bits per heavy atom. The molecule has 10 heteroatoms. The van der Waals surface area contributed by atoms with Crippen LogP contribution in [-0.4, -0.2) is 64.9 Å². The monoisotopic (exact) mass is 527 g/mol. The maximum absolute atomic E-state index is 13.2. The van der Waals surface area contributed by atoms with Gasteiger partial charge in [0.1, 0.15) is 0 Å². The third-order valence-electron chi connectivity index (χ3n) is 6.64. The summed E-state index contributed by atoms with van der Waals surface area (Å²) in [7, 11) is 3.86. The highest BCUT2D eigenvalue weighted by Gasteiger charge is 2.31. The minimum atomic E-state index is -4.56. The van der Waals surface area contributed by atoms with E-state index in [1.54, 1.807) is 6.08 Å². The number of alkyl halides is 3. The molecular weight excluding hydrogens is 495 g/mol. The SMILES string of the molecule is Cc1cccc2nc(NC(=O)c3cccc(C(F)(F)F)c3)n([C@@H]3CCCCN(C(=O)C=CCN(C)C)C3)c12. The number of rotatable bonds is 6. The highest BCUT2D eigenvalue weighted by molar-refractivity contribution is 6.04. The van der Waals surface area contributed by atoms with Crippen LogP contribution in [0.4, 0.5) is 19.1 Å². The molecule has 1 N–H and O–H groups in total. The average Bonchev–Trinajstić information content (AvgIpc) is 3.05. The molecule has 0 unspecified atom stereocenters. The molecule has 1 fully saturated rings. The number of halogens is 3. The van der Waals surface area contributed by atoms with Gasteiger partial charge in [-0.25, -0.2) is 4.98 Å². The number of para-hydroxylation sites is 1. The summed E-state index contributed by atoms with van der Waals surface area (Å²) in [6.45, 7) is 3.65. The topological polar surface area (TPSA) is 70.5 Å². The van der Waals surface area contributed by atoms with Gasteiger partial charge in [0.05, 0.1) is 22.6 Å². The number of benzene rings is 2. The number of imidazole rings is 1. The summed E-state index contributed by atoms with van der Waals surface area (Å²) < 4.78 is 41.6. The van der Waals surface area contributed by atoms with E-state index in [4.69, 9.17) is 0 Å². The van der Waals surface area contributed by atoms with Crippen LogP contribution in [0.1, 0.15) is 46.8 Å². The lowest BCUT2D eigenvalue weighted by molar-refractivity contribution is -0.137. The summed E-state index contributed by atoms with van der Waals surface area (Å²) in [5.41, 5.74) is 1.43. The van der Waals surface area contributed by atoms with Crippen LogP contribution in [0.25, 0.3) is 11.0 Å². The molecule has 1 atom stereocenters. The van der Waals surface area contributed by atoms with Gasteiger partial charge in [0.15, 0.2) is 0 Å². The van der Waals surface area contributed by atoms with Crippen molar-refractivity contribution in [1.82, 2.24) is 19.4 Å². The minimum absolute atomic E-state index is 0.0746. The molecular formula is C28H32F3N5O2. The predicted molar refractivity (Wildman–Crippen MR) is 141 cm³/mol. The van der Waals surface area contributed by atoms with Gasteiger partial charge in [-0.05, 0) is 70.1 Å². The molecule has 4 rings (SSSR count). The number of nitrogens with one attached hydrogen (secondary N) is 1. The first-order valence-corrected chi connectivity index (χ1v) is 12.6. The van der Waals surface area contributed by atoms with Gasteiger partial charge in [-0.2, -0.15) is 13.2 Å². The highest BCUT2D eigenvalue weighted by atomic mass is 19.4. The van der Waals surface area contributed by atoms with Gasteiger partial charge < -0.3 is 14.4 Å². The zero-order valence-electron chi connectivity index (χ0n) is 21.8. The van der Waals surface area contributed by atoms with E-state index in [1.807, 2.05) is 59.7 Å². The van der Waals surface area contributed by atoms with Gasteiger partial charge in [0.25, 0.3) is 5.91 Å². The molecule has 0 radical (unpaired) electrons. The Labute approximate surface area is 219 Å². The lowest BCUT2D eigenvalue weighted by Gasteiger charge is -2.26. The van der Waals surface area contributed by atoms with Gasteiger partial charge >= 0.3 is 6.18 Å². The molecule has 1 aromatic heterocycles. The first-order valence-electron chi connectivity index (χ1n) is 12.6. The molecule has 1 aliphatic rings. The fourth-order valence-corrected chi connectivity index (χ4v) is 4.78. The van der Waals surface area contributed by atoms with Crippen molar-refractivity contribution in [3.05, 3.63) is 71.3 Å². The van der Waals surface area contributed by atoms with E-state index >= 15 is 0 Å². The number of fused-ring (bicyclic) bond motifs is 1. The third kappa shape index (κ3) is 6.24. The number of amides is 2. The van der Waals surface area contributed by atoms with Gasteiger partial charge in [-0.15, -0.1) is 0 Å². The molecule has 202 valence electrons. The number of aromatic nitrogens is 2. The van der Waals surface area contributed by atoms with Crippen molar-refractivity contribution in [2.24, 2.45) is 0 Å². The van der Waals surface area contributed by atoms with Gasteiger partial charge in [0.2, 0.25) is 11.9 Å². The minimum Gasteiger partial charge on any atom is -0.337 e. The Morgan fingerprint density at radius 1 is 1.16 bits per heavy atom. The van der Waals surface area contributed by atoms with Gasteiger partial charge in [0, 0.05) is 31.3 Å². The number of likely N-dealkylation sites (tertiary alicyclic amines) is 1. The first kappa shape index (κ1) is 27.4. The molecule has 0 aliphatic carbocycles. The number of nitrogens with zero attached hydrogens (tertiary/aromatic N) is 4. The fourth-order valence-electron chi connectivity index (χ4n) is 4.78. The first-order chi connectivity index (χ1) is 18.0. The summed E-state index contributed by atoms with van der Waals surface area (Å²) in [4.78, 5) is 34.5. The van der Waals surface area contributed by atoms with Crippen LogP contribution in [0.2, 0.25) is 0 Å². The van der Waals surface area contributed by atoms with Crippen LogP contribution >= 0.6 is 0 Å². The average molecular weight is 528 g/mol. The largest absolute Gasteiger partial charge is 0.416 e. The van der Waals surface area contributed by atoms with E-state index in [0.717, 1.165) is 42.5 Å². The Balaban J connectivity index is 1.68. The Morgan fingerprint density at radius 2 is 1.92 bits per heavy atom. The van der Waals surface area contributed by atoms with Crippen molar-refractivity contribution < 1.29 is 22.8 Å². The van der Waals surface area contributed by atoms with Crippen LogP contribution in [0.5, 0.6) is 0 Å². The smallest absolute Gasteiger partial charge is 0.337 e. The van der Waals surface area contributed by atoms with Crippen LogP contribution in [0, 0.1) is 6.92 Å². The maximum atomic E-state index is 13.2. The molecule has 7 nitrogen and oxygen atoms in total. The number of carbonyl (C=O) groups is 2. The normalized spacial score (nSPS) is 16.8. The number of hydrogen-bond acceptors (Lipinski definition) is 4. The van der Waals surface area contributed by atoms with Crippen molar-refractivity contribution in [3.63, 3.8) is 0 Å². The molecule has 0 spiro atoms. The zero-order valence-corrected chi connectivity index (χ0v) is 21.8. The van der Waals surface area contributed by atoms with Crippen LogP contribution in [-0.2, 0) is 11.0 Å². The lowest BCUT2D eigenvalue weighted by atomic mass is 10.1. The standard InChI is InChI=1S/C28H32F3N5O2/c1-19-9-6-13-23-25(19)36(22-12-4-5-16-35(18-22)24(37)14-8-15-34(2)3)27(32-23)33-26(38)20-10-7-11-21(17-20)28(29,30)31/h6-11,13-14,17,22H,4-5,12,15-16,18H2,1-3H3,(H,32,33,38)/t22-/m1/s1. The molecule has 0 bridgehead atoms.